The molecular formula is C15H25N3O. The first-order chi connectivity index (χ1) is 9.27. The quantitative estimate of drug-likeness (QED) is 0.695. The number of carbonyl (C=O) groups is 1. The molecule has 1 aromatic heterocycles. The van der Waals surface area contributed by atoms with Crippen molar-refractivity contribution in [3.63, 3.8) is 0 Å². The Bertz CT molecular complexity index is 350. The van der Waals surface area contributed by atoms with Crippen molar-refractivity contribution in [3.8, 4) is 0 Å². The van der Waals surface area contributed by atoms with Gasteiger partial charge in [-0.15, -0.1) is 0 Å². The fourth-order valence-corrected chi connectivity index (χ4v) is 1.97. The molecule has 1 N–H and O–H groups in total. The van der Waals surface area contributed by atoms with Gasteiger partial charge in [0, 0.05) is 12.7 Å². The Morgan fingerprint density at radius 2 is 2.00 bits per heavy atom. The number of aromatic nitrogens is 1. The molecule has 0 unspecified atom stereocenters. The lowest BCUT2D eigenvalue weighted by Crippen LogP contribution is -2.26. The van der Waals surface area contributed by atoms with Gasteiger partial charge in [-0.2, -0.15) is 0 Å². The first-order valence-electron chi connectivity index (χ1n) is 7.19. The molecule has 106 valence electrons. The Morgan fingerprint density at radius 1 is 1.21 bits per heavy atom. The summed E-state index contributed by atoms with van der Waals surface area (Å²) in [5.74, 6) is -0.0793. The molecule has 1 amide bonds. The fourth-order valence-electron chi connectivity index (χ4n) is 1.97. The molecule has 0 atom stereocenters. The lowest BCUT2D eigenvalue weighted by atomic mass is 10.2. The standard InChI is InChI=1S/C15H25N3O/c1-3-18(4-2)13-9-5-7-12-17-15(19)14-10-6-8-11-16-14/h6,8,10-11H,3-5,7,9,12-13H2,1-2H3,(H,17,19). The van der Waals surface area contributed by atoms with Crippen molar-refractivity contribution in [1.29, 1.82) is 0 Å². The zero-order valence-corrected chi connectivity index (χ0v) is 12.1. The first-order valence-corrected chi connectivity index (χ1v) is 7.19. The minimum atomic E-state index is -0.0793. The summed E-state index contributed by atoms with van der Waals surface area (Å²) in [7, 11) is 0. The maximum atomic E-state index is 11.7. The van der Waals surface area contributed by atoms with Gasteiger partial charge >= 0.3 is 0 Å². The number of unbranched alkanes of at least 4 members (excludes halogenated alkanes) is 2. The van der Waals surface area contributed by atoms with Crippen LogP contribution in [-0.4, -0.2) is 42.0 Å². The van der Waals surface area contributed by atoms with Gasteiger partial charge in [0.05, 0.1) is 0 Å². The van der Waals surface area contributed by atoms with Gasteiger partial charge < -0.3 is 10.2 Å². The second-order valence-corrected chi connectivity index (χ2v) is 4.56. The average Bonchev–Trinajstić information content (AvgIpc) is 2.47. The van der Waals surface area contributed by atoms with E-state index in [1.807, 2.05) is 12.1 Å². The van der Waals surface area contributed by atoms with Crippen LogP contribution in [0.2, 0.25) is 0 Å². The number of pyridine rings is 1. The highest BCUT2D eigenvalue weighted by molar-refractivity contribution is 5.92. The monoisotopic (exact) mass is 263 g/mol. The molecule has 0 saturated carbocycles. The van der Waals surface area contributed by atoms with E-state index >= 15 is 0 Å². The van der Waals surface area contributed by atoms with Crippen molar-refractivity contribution in [2.75, 3.05) is 26.2 Å². The molecule has 4 nitrogen and oxygen atoms in total. The highest BCUT2D eigenvalue weighted by Gasteiger charge is 2.04. The lowest BCUT2D eigenvalue weighted by molar-refractivity contribution is 0.0948. The van der Waals surface area contributed by atoms with Crippen LogP contribution in [-0.2, 0) is 0 Å². The smallest absolute Gasteiger partial charge is 0.269 e. The Balaban J connectivity index is 2.07. The summed E-state index contributed by atoms with van der Waals surface area (Å²) in [5.41, 5.74) is 0.491. The molecule has 0 fully saturated rings. The van der Waals surface area contributed by atoms with E-state index in [1.54, 1.807) is 12.3 Å². The normalized spacial score (nSPS) is 10.7. The molecule has 0 aliphatic heterocycles. The summed E-state index contributed by atoms with van der Waals surface area (Å²) < 4.78 is 0. The van der Waals surface area contributed by atoms with Crippen LogP contribution >= 0.6 is 0 Å². The van der Waals surface area contributed by atoms with Gasteiger partial charge in [0.1, 0.15) is 5.69 Å². The summed E-state index contributed by atoms with van der Waals surface area (Å²) >= 11 is 0. The molecule has 0 spiro atoms. The molecule has 1 rings (SSSR count). The number of nitrogens with zero attached hydrogens (tertiary/aromatic N) is 2. The van der Waals surface area contributed by atoms with Crippen molar-refractivity contribution in [2.24, 2.45) is 0 Å². The van der Waals surface area contributed by atoms with E-state index in [9.17, 15) is 4.79 Å². The van der Waals surface area contributed by atoms with Crippen LogP contribution < -0.4 is 5.32 Å². The minimum Gasteiger partial charge on any atom is -0.351 e. The molecular weight excluding hydrogens is 238 g/mol. The second-order valence-electron chi connectivity index (χ2n) is 4.56. The number of amides is 1. The fraction of sp³-hybridized carbons (Fsp3) is 0.600. The summed E-state index contributed by atoms with van der Waals surface area (Å²) in [4.78, 5) is 18.1. The number of hydrogen-bond acceptors (Lipinski definition) is 3. The van der Waals surface area contributed by atoms with Crippen LogP contribution in [0, 0.1) is 0 Å². The van der Waals surface area contributed by atoms with E-state index in [-0.39, 0.29) is 5.91 Å². The number of hydrogen-bond donors (Lipinski definition) is 1. The predicted octanol–water partition coefficient (Wildman–Crippen LogP) is 2.32. The number of rotatable bonds is 9. The van der Waals surface area contributed by atoms with Crippen LogP contribution in [0.3, 0.4) is 0 Å². The summed E-state index contributed by atoms with van der Waals surface area (Å²) in [5, 5.41) is 2.90. The minimum absolute atomic E-state index is 0.0793. The van der Waals surface area contributed by atoms with E-state index in [2.05, 4.69) is 29.0 Å². The third-order valence-corrected chi connectivity index (χ3v) is 3.23. The van der Waals surface area contributed by atoms with Crippen molar-refractivity contribution >= 4 is 5.91 Å². The molecule has 19 heavy (non-hydrogen) atoms. The third kappa shape index (κ3) is 6.34. The molecule has 1 heterocycles. The Morgan fingerprint density at radius 3 is 2.63 bits per heavy atom. The molecule has 0 bridgehead atoms. The predicted molar refractivity (Wildman–Crippen MR) is 78.2 cm³/mol. The average molecular weight is 263 g/mol. The summed E-state index contributed by atoms with van der Waals surface area (Å²) in [6.45, 7) is 8.50. The van der Waals surface area contributed by atoms with Crippen LogP contribution in [0.1, 0.15) is 43.6 Å². The largest absolute Gasteiger partial charge is 0.351 e. The van der Waals surface area contributed by atoms with Crippen molar-refractivity contribution in [1.82, 2.24) is 15.2 Å². The van der Waals surface area contributed by atoms with E-state index < -0.39 is 0 Å². The Hall–Kier alpha value is -1.42. The molecule has 1 aromatic rings. The number of carbonyl (C=O) groups excluding carboxylic acids is 1. The molecule has 0 aromatic carbocycles. The van der Waals surface area contributed by atoms with Crippen LogP contribution in [0.4, 0.5) is 0 Å². The van der Waals surface area contributed by atoms with E-state index in [0.29, 0.717) is 5.69 Å². The van der Waals surface area contributed by atoms with E-state index in [1.165, 1.54) is 6.42 Å². The van der Waals surface area contributed by atoms with Gasteiger partial charge in [0.2, 0.25) is 0 Å². The zero-order chi connectivity index (χ0) is 13.9. The lowest BCUT2D eigenvalue weighted by Gasteiger charge is -2.17. The van der Waals surface area contributed by atoms with Crippen molar-refractivity contribution < 1.29 is 4.79 Å². The zero-order valence-electron chi connectivity index (χ0n) is 12.1. The topological polar surface area (TPSA) is 45.2 Å². The van der Waals surface area contributed by atoms with Gasteiger partial charge in [-0.3, -0.25) is 9.78 Å². The van der Waals surface area contributed by atoms with Gasteiger partial charge in [-0.1, -0.05) is 26.3 Å². The van der Waals surface area contributed by atoms with Crippen LogP contribution in [0.25, 0.3) is 0 Å². The maximum absolute atomic E-state index is 11.7. The molecule has 0 aliphatic rings. The molecule has 0 aliphatic carbocycles. The summed E-state index contributed by atoms with van der Waals surface area (Å²) in [6, 6.07) is 5.37. The van der Waals surface area contributed by atoms with Crippen molar-refractivity contribution in [3.05, 3.63) is 30.1 Å². The van der Waals surface area contributed by atoms with Crippen LogP contribution in [0.5, 0.6) is 0 Å². The van der Waals surface area contributed by atoms with Crippen LogP contribution in [0.15, 0.2) is 24.4 Å². The van der Waals surface area contributed by atoms with E-state index in [0.717, 1.165) is 39.0 Å². The molecule has 4 heteroatoms. The van der Waals surface area contributed by atoms with Crippen molar-refractivity contribution in [2.45, 2.75) is 33.1 Å². The SMILES string of the molecule is CCN(CC)CCCCCNC(=O)c1ccccn1. The highest BCUT2D eigenvalue weighted by atomic mass is 16.1. The maximum Gasteiger partial charge on any atom is 0.269 e. The Kier molecular flexibility index (Phi) is 7.82. The summed E-state index contributed by atoms with van der Waals surface area (Å²) in [6.07, 6.45) is 5.01. The van der Waals surface area contributed by atoms with E-state index in [4.69, 9.17) is 0 Å². The van der Waals surface area contributed by atoms with Gasteiger partial charge in [-0.25, -0.2) is 0 Å². The Labute approximate surface area is 116 Å². The highest BCUT2D eigenvalue weighted by Crippen LogP contribution is 1.99. The third-order valence-electron chi connectivity index (χ3n) is 3.23. The van der Waals surface area contributed by atoms with Gasteiger partial charge in [0.15, 0.2) is 0 Å². The molecule has 0 radical (unpaired) electrons. The number of nitrogens with one attached hydrogen (secondary N) is 1. The first kappa shape index (κ1) is 15.6. The van der Waals surface area contributed by atoms with Gasteiger partial charge in [-0.05, 0) is 44.6 Å². The molecule has 0 saturated heterocycles. The second kappa shape index (κ2) is 9.50. The van der Waals surface area contributed by atoms with Gasteiger partial charge in [0.25, 0.3) is 5.91 Å².